The molecule has 1 N–H and O–H groups in total. The van der Waals surface area contributed by atoms with E-state index in [2.05, 4.69) is 33.4 Å². The smallest absolute Gasteiger partial charge is 0.226 e. The second kappa shape index (κ2) is 9.14. The van der Waals surface area contributed by atoms with Crippen LogP contribution in [0.1, 0.15) is 18.4 Å². The van der Waals surface area contributed by atoms with Gasteiger partial charge in [-0.25, -0.2) is 9.97 Å². The molecule has 2 aromatic heterocycles. The van der Waals surface area contributed by atoms with E-state index in [1.165, 1.54) is 0 Å². The molecule has 6 nitrogen and oxygen atoms in total. The van der Waals surface area contributed by atoms with Crippen molar-refractivity contribution in [1.29, 1.82) is 0 Å². The molecule has 1 amide bonds. The van der Waals surface area contributed by atoms with Crippen molar-refractivity contribution in [2.45, 2.75) is 19.4 Å². The van der Waals surface area contributed by atoms with Crippen molar-refractivity contribution in [3.05, 3.63) is 84.7 Å². The lowest BCUT2D eigenvalue weighted by atomic mass is 9.96. The molecule has 0 radical (unpaired) electrons. The fraction of sp³-hybridized carbons (Fsp3) is 0.231. The highest BCUT2D eigenvalue weighted by atomic mass is 16.1. The number of carbonyl (C=O) groups excluding carboxylic acids is 1. The maximum atomic E-state index is 12.6. The molecule has 1 aliphatic rings. The minimum absolute atomic E-state index is 0.0111. The molecule has 4 aromatic rings. The van der Waals surface area contributed by atoms with E-state index in [9.17, 15) is 4.79 Å². The van der Waals surface area contributed by atoms with E-state index in [-0.39, 0.29) is 11.8 Å². The van der Waals surface area contributed by atoms with Gasteiger partial charge in [0.2, 0.25) is 11.9 Å². The lowest BCUT2D eigenvalue weighted by Gasteiger charge is -2.31. The van der Waals surface area contributed by atoms with Gasteiger partial charge in [-0.05, 0) is 30.5 Å². The predicted octanol–water partition coefficient (Wildman–Crippen LogP) is 4.22. The zero-order valence-electron chi connectivity index (χ0n) is 17.8. The molecule has 2 aromatic carbocycles. The zero-order chi connectivity index (χ0) is 21.8. The van der Waals surface area contributed by atoms with Crippen LogP contribution in [0.3, 0.4) is 0 Å². The zero-order valence-corrected chi connectivity index (χ0v) is 17.8. The fourth-order valence-corrected chi connectivity index (χ4v) is 4.20. The number of fused-ring (bicyclic) bond motifs is 1. The van der Waals surface area contributed by atoms with Gasteiger partial charge in [0.25, 0.3) is 0 Å². The highest BCUT2D eigenvalue weighted by molar-refractivity contribution is 5.93. The fourth-order valence-electron chi connectivity index (χ4n) is 4.20. The summed E-state index contributed by atoms with van der Waals surface area (Å²) in [5.74, 6) is 0.853. The van der Waals surface area contributed by atoms with Crippen LogP contribution in [0, 0.1) is 5.92 Å². The summed E-state index contributed by atoms with van der Waals surface area (Å²) in [5.41, 5.74) is 3.98. The Bertz CT molecular complexity index is 1200. The Balaban J connectivity index is 1.30. The Hall–Kier alpha value is -3.80. The molecule has 0 saturated carbocycles. The van der Waals surface area contributed by atoms with Crippen LogP contribution in [0.2, 0.25) is 0 Å². The summed E-state index contributed by atoms with van der Waals surface area (Å²) in [5, 5.41) is 4.10. The summed E-state index contributed by atoms with van der Waals surface area (Å²) in [6.45, 7) is 2.04. The number of hydrogen-bond acceptors (Lipinski definition) is 5. The maximum absolute atomic E-state index is 12.6. The van der Waals surface area contributed by atoms with Crippen LogP contribution < -0.4 is 10.2 Å². The van der Waals surface area contributed by atoms with E-state index in [1.54, 1.807) is 12.4 Å². The average Bonchev–Trinajstić information content (AvgIpc) is 2.88. The minimum atomic E-state index is 0.0111. The van der Waals surface area contributed by atoms with Gasteiger partial charge in [-0.15, -0.1) is 0 Å². The quantitative estimate of drug-likeness (QED) is 0.520. The normalized spacial score (nSPS) is 14.4. The van der Waals surface area contributed by atoms with E-state index in [1.807, 2.05) is 48.5 Å². The van der Waals surface area contributed by atoms with E-state index in [4.69, 9.17) is 9.97 Å². The van der Waals surface area contributed by atoms with Gasteiger partial charge < -0.3 is 10.2 Å². The van der Waals surface area contributed by atoms with E-state index in [0.717, 1.165) is 59.6 Å². The SMILES string of the molecule is O=C(NCc1cccnc1)C1CCN(c2nc(-c3ccccc3)c3ccccc3n2)CC1. The van der Waals surface area contributed by atoms with Gasteiger partial charge in [-0.2, -0.15) is 0 Å². The lowest BCUT2D eigenvalue weighted by Crippen LogP contribution is -2.41. The number of para-hydroxylation sites is 1. The monoisotopic (exact) mass is 423 g/mol. The van der Waals surface area contributed by atoms with Crippen molar-refractivity contribution < 1.29 is 4.79 Å². The molecule has 32 heavy (non-hydrogen) atoms. The Morgan fingerprint density at radius 2 is 1.72 bits per heavy atom. The topological polar surface area (TPSA) is 71.0 Å². The number of pyridine rings is 1. The summed E-state index contributed by atoms with van der Waals surface area (Å²) in [4.78, 5) is 28.7. The van der Waals surface area contributed by atoms with Crippen LogP contribution in [0.5, 0.6) is 0 Å². The van der Waals surface area contributed by atoms with E-state index in [0.29, 0.717) is 6.54 Å². The Morgan fingerprint density at radius 1 is 0.938 bits per heavy atom. The van der Waals surface area contributed by atoms with Crippen molar-refractivity contribution >= 4 is 22.8 Å². The van der Waals surface area contributed by atoms with Crippen LogP contribution in [0.4, 0.5) is 5.95 Å². The molecule has 3 heterocycles. The number of nitrogens with one attached hydrogen (secondary N) is 1. The molecule has 0 bridgehead atoms. The van der Waals surface area contributed by atoms with Crippen molar-refractivity contribution in [2.75, 3.05) is 18.0 Å². The van der Waals surface area contributed by atoms with Crippen molar-refractivity contribution in [3.8, 4) is 11.3 Å². The number of benzene rings is 2. The van der Waals surface area contributed by atoms with Crippen LogP contribution >= 0.6 is 0 Å². The highest BCUT2D eigenvalue weighted by Gasteiger charge is 2.26. The van der Waals surface area contributed by atoms with Crippen LogP contribution in [-0.2, 0) is 11.3 Å². The van der Waals surface area contributed by atoms with Crippen LogP contribution in [-0.4, -0.2) is 33.9 Å². The van der Waals surface area contributed by atoms with Crippen molar-refractivity contribution in [2.24, 2.45) is 5.92 Å². The van der Waals surface area contributed by atoms with Gasteiger partial charge in [0.15, 0.2) is 0 Å². The van der Waals surface area contributed by atoms with E-state index < -0.39 is 0 Å². The number of anilines is 1. The first kappa shape index (κ1) is 20.1. The number of nitrogens with zero attached hydrogens (tertiary/aromatic N) is 4. The molecule has 1 saturated heterocycles. The average molecular weight is 424 g/mol. The molecule has 0 spiro atoms. The predicted molar refractivity (Wildman–Crippen MR) is 126 cm³/mol. The molecule has 1 fully saturated rings. The van der Waals surface area contributed by atoms with Gasteiger partial charge in [0, 0.05) is 48.9 Å². The van der Waals surface area contributed by atoms with Crippen LogP contribution in [0.25, 0.3) is 22.2 Å². The third kappa shape index (κ3) is 4.30. The van der Waals surface area contributed by atoms with Gasteiger partial charge in [-0.3, -0.25) is 9.78 Å². The molecular weight excluding hydrogens is 398 g/mol. The molecule has 0 unspecified atom stereocenters. The number of piperidine rings is 1. The number of amides is 1. The first-order chi connectivity index (χ1) is 15.8. The first-order valence-electron chi connectivity index (χ1n) is 11.0. The molecule has 6 heteroatoms. The first-order valence-corrected chi connectivity index (χ1v) is 11.0. The maximum Gasteiger partial charge on any atom is 0.226 e. The third-order valence-corrected chi connectivity index (χ3v) is 5.98. The summed E-state index contributed by atoms with van der Waals surface area (Å²) in [6.07, 6.45) is 5.09. The Morgan fingerprint density at radius 3 is 2.50 bits per heavy atom. The van der Waals surface area contributed by atoms with Crippen LogP contribution in [0.15, 0.2) is 79.1 Å². The largest absolute Gasteiger partial charge is 0.352 e. The summed E-state index contributed by atoms with van der Waals surface area (Å²) >= 11 is 0. The van der Waals surface area contributed by atoms with Crippen molar-refractivity contribution in [1.82, 2.24) is 20.3 Å². The number of hydrogen-bond donors (Lipinski definition) is 1. The lowest BCUT2D eigenvalue weighted by molar-refractivity contribution is -0.125. The van der Waals surface area contributed by atoms with Gasteiger partial charge >= 0.3 is 0 Å². The third-order valence-electron chi connectivity index (χ3n) is 5.98. The standard InChI is InChI=1S/C26H25N5O/c32-25(28-18-19-7-6-14-27-17-19)21-12-15-31(16-13-21)26-29-23-11-5-4-10-22(23)24(30-26)20-8-2-1-3-9-20/h1-11,14,17,21H,12-13,15-16,18H2,(H,28,32). The summed E-state index contributed by atoms with van der Waals surface area (Å²) < 4.78 is 0. The van der Waals surface area contributed by atoms with Crippen molar-refractivity contribution in [3.63, 3.8) is 0 Å². The highest BCUT2D eigenvalue weighted by Crippen LogP contribution is 2.29. The summed E-state index contributed by atoms with van der Waals surface area (Å²) in [7, 11) is 0. The van der Waals surface area contributed by atoms with Gasteiger partial charge in [0.1, 0.15) is 0 Å². The number of carbonyl (C=O) groups is 1. The van der Waals surface area contributed by atoms with Gasteiger partial charge in [0.05, 0.1) is 11.2 Å². The molecule has 160 valence electrons. The Labute approximate surface area is 187 Å². The Kier molecular flexibility index (Phi) is 5.75. The number of rotatable bonds is 5. The van der Waals surface area contributed by atoms with Gasteiger partial charge in [-0.1, -0.05) is 54.6 Å². The molecule has 0 atom stereocenters. The molecule has 1 aliphatic heterocycles. The molecule has 5 rings (SSSR count). The minimum Gasteiger partial charge on any atom is -0.352 e. The summed E-state index contributed by atoms with van der Waals surface area (Å²) in [6, 6.07) is 22.2. The second-order valence-electron chi connectivity index (χ2n) is 8.10. The number of aromatic nitrogens is 3. The van der Waals surface area contributed by atoms with E-state index >= 15 is 0 Å². The second-order valence-corrected chi connectivity index (χ2v) is 8.10. The molecular formula is C26H25N5O. The molecule has 0 aliphatic carbocycles.